The van der Waals surface area contributed by atoms with Crippen LogP contribution in [0.2, 0.25) is 0 Å². The van der Waals surface area contributed by atoms with Crippen LogP contribution in [0.5, 0.6) is 0 Å². The molecular weight excluding hydrogens is 248 g/mol. The summed E-state index contributed by atoms with van der Waals surface area (Å²) >= 11 is 0. The number of aliphatic hydroxyl groups is 1. The highest BCUT2D eigenvalue weighted by molar-refractivity contribution is 5.68. The summed E-state index contributed by atoms with van der Waals surface area (Å²) in [7, 11) is 1.64. The first-order valence-corrected chi connectivity index (χ1v) is 6.71. The Hall–Kier alpha value is -0.850. The molecule has 112 valence electrons. The van der Waals surface area contributed by atoms with Crippen molar-refractivity contribution in [3.63, 3.8) is 0 Å². The molecule has 1 aliphatic heterocycles. The third-order valence-corrected chi connectivity index (χ3v) is 3.06. The lowest BCUT2D eigenvalue weighted by Gasteiger charge is -2.37. The largest absolute Gasteiger partial charge is 0.444 e. The first-order valence-electron chi connectivity index (χ1n) is 6.71. The van der Waals surface area contributed by atoms with Crippen LogP contribution in [0, 0.1) is 0 Å². The lowest BCUT2D eigenvalue weighted by atomic mass is 10.0. The Bertz CT molecular complexity index is 291. The monoisotopic (exact) mass is 274 g/mol. The number of alkyl carbamates (subject to hydrolysis) is 1. The van der Waals surface area contributed by atoms with Crippen LogP contribution < -0.4 is 5.32 Å². The smallest absolute Gasteiger partial charge is 0.407 e. The van der Waals surface area contributed by atoms with E-state index in [-0.39, 0.29) is 18.8 Å². The van der Waals surface area contributed by atoms with E-state index in [4.69, 9.17) is 14.6 Å². The number of piperidine rings is 1. The summed E-state index contributed by atoms with van der Waals surface area (Å²) < 4.78 is 10.7. The van der Waals surface area contributed by atoms with E-state index in [1.165, 1.54) is 0 Å². The molecule has 0 aromatic rings. The molecule has 2 N–H and O–H groups in total. The molecule has 1 heterocycles. The van der Waals surface area contributed by atoms with Gasteiger partial charge < -0.3 is 19.9 Å². The van der Waals surface area contributed by atoms with Crippen molar-refractivity contribution in [2.24, 2.45) is 0 Å². The molecule has 2 atom stereocenters. The van der Waals surface area contributed by atoms with Crippen LogP contribution in [0.15, 0.2) is 0 Å². The number of nitrogens with zero attached hydrogens (tertiary/aromatic N) is 1. The molecule has 0 aromatic heterocycles. The lowest BCUT2D eigenvalue weighted by molar-refractivity contribution is -0.00565. The summed E-state index contributed by atoms with van der Waals surface area (Å²) in [6, 6.07) is -0.0465. The van der Waals surface area contributed by atoms with E-state index in [2.05, 4.69) is 10.2 Å². The van der Waals surface area contributed by atoms with Gasteiger partial charge >= 0.3 is 6.09 Å². The van der Waals surface area contributed by atoms with E-state index in [9.17, 15) is 4.79 Å². The molecular formula is C13H26N2O4. The molecule has 0 radical (unpaired) electrons. The minimum atomic E-state index is -0.496. The second kappa shape index (κ2) is 7.07. The number of hydrogen-bond acceptors (Lipinski definition) is 5. The second-order valence-corrected chi connectivity index (χ2v) is 5.84. The Morgan fingerprint density at radius 3 is 2.68 bits per heavy atom. The lowest BCUT2D eigenvalue weighted by Crippen LogP contribution is -2.55. The van der Waals surface area contributed by atoms with Gasteiger partial charge in [-0.05, 0) is 27.2 Å². The van der Waals surface area contributed by atoms with E-state index in [0.29, 0.717) is 13.1 Å². The first-order chi connectivity index (χ1) is 8.85. The SMILES string of the molecule is CO[C@@H]1CN(CCO)CC[C@H]1NC(=O)OC(C)(C)C. The van der Waals surface area contributed by atoms with Crippen LogP contribution in [-0.4, -0.2) is 67.2 Å². The second-order valence-electron chi connectivity index (χ2n) is 5.84. The number of aliphatic hydroxyl groups excluding tert-OH is 1. The maximum Gasteiger partial charge on any atom is 0.407 e. The maximum absolute atomic E-state index is 11.8. The predicted octanol–water partition coefficient (Wildman–Crippen LogP) is 0.593. The number of methoxy groups -OCH3 is 1. The summed E-state index contributed by atoms with van der Waals surface area (Å²) in [6.07, 6.45) is 0.306. The number of ether oxygens (including phenoxy) is 2. The quantitative estimate of drug-likeness (QED) is 0.785. The van der Waals surface area contributed by atoms with Gasteiger partial charge in [0.25, 0.3) is 0 Å². The van der Waals surface area contributed by atoms with Crippen molar-refractivity contribution in [1.82, 2.24) is 10.2 Å². The average molecular weight is 274 g/mol. The number of carbonyl (C=O) groups is 1. The van der Waals surface area contributed by atoms with Gasteiger partial charge in [0.15, 0.2) is 0 Å². The fraction of sp³-hybridized carbons (Fsp3) is 0.923. The first kappa shape index (κ1) is 16.2. The third kappa shape index (κ3) is 5.76. The molecule has 0 saturated carbocycles. The Morgan fingerprint density at radius 2 is 2.16 bits per heavy atom. The van der Waals surface area contributed by atoms with Crippen molar-refractivity contribution in [3.05, 3.63) is 0 Å². The Morgan fingerprint density at radius 1 is 1.47 bits per heavy atom. The van der Waals surface area contributed by atoms with Gasteiger partial charge in [-0.2, -0.15) is 0 Å². The van der Waals surface area contributed by atoms with E-state index >= 15 is 0 Å². The number of hydrogen-bond donors (Lipinski definition) is 2. The highest BCUT2D eigenvalue weighted by Crippen LogP contribution is 2.15. The van der Waals surface area contributed by atoms with Crippen LogP contribution in [0.1, 0.15) is 27.2 Å². The summed E-state index contributed by atoms with van der Waals surface area (Å²) in [5.74, 6) is 0. The molecule has 0 aliphatic carbocycles. The zero-order chi connectivity index (χ0) is 14.5. The normalized spacial score (nSPS) is 25.1. The van der Waals surface area contributed by atoms with E-state index in [1.807, 2.05) is 20.8 Å². The van der Waals surface area contributed by atoms with Gasteiger partial charge in [-0.3, -0.25) is 4.90 Å². The molecule has 0 spiro atoms. The van der Waals surface area contributed by atoms with Crippen LogP contribution in [0.3, 0.4) is 0 Å². The standard InChI is InChI=1S/C13H26N2O4/c1-13(2,3)19-12(17)14-10-5-6-15(7-8-16)9-11(10)18-4/h10-11,16H,5-9H2,1-4H3,(H,14,17)/t10-,11-/m1/s1. The van der Waals surface area contributed by atoms with Crippen molar-refractivity contribution in [3.8, 4) is 0 Å². The number of amides is 1. The minimum absolute atomic E-state index is 0.0465. The van der Waals surface area contributed by atoms with Gasteiger partial charge in [-0.1, -0.05) is 0 Å². The van der Waals surface area contributed by atoms with Crippen molar-refractivity contribution in [2.45, 2.75) is 44.9 Å². The number of rotatable bonds is 4. The van der Waals surface area contributed by atoms with E-state index < -0.39 is 11.7 Å². The highest BCUT2D eigenvalue weighted by Gasteiger charge is 2.31. The summed E-state index contributed by atoms with van der Waals surface area (Å²) in [6.45, 7) is 7.83. The van der Waals surface area contributed by atoms with Gasteiger partial charge in [0.1, 0.15) is 5.60 Å². The molecule has 1 fully saturated rings. The summed E-state index contributed by atoms with van der Waals surface area (Å²) in [5.41, 5.74) is -0.496. The van der Waals surface area contributed by atoms with Crippen LogP contribution >= 0.6 is 0 Å². The minimum Gasteiger partial charge on any atom is -0.444 e. The zero-order valence-corrected chi connectivity index (χ0v) is 12.3. The summed E-state index contributed by atoms with van der Waals surface area (Å²) in [4.78, 5) is 13.9. The Balaban J connectivity index is 2.47. The van der Waals surface area contributed by atoms with Gasteiger partial charge in [0.2, 0.25) is 0 Å². The molecule has 0 aromatic carbocycles. The Kier molecular flexibility index (Phi) is 6.03. The average Bonchev–Trinajstić information content (AvgIpc) is 2.29. The molecule has 1 rings (SSSR count). The topological polar surface area (TPSA) is 71.0 Å². The number of carbonyl (C=O) groups excluding carboxylic acids is 1. The molecule has 6 nitrogen and oxygen atoms in total. The molecule has 1 amide bonds. The van der Waals surface area contributed by atoms with Crippen molar-refractivity contribution in [2.75, 3.05) is 33.4 Å². The molecule has 6 heteroatoms. The van der Waals surface area contributed by atoms with E-state index in [1.54, 1.807) is 7.11 Å². The van der Waals surface area contributed by atoms with Crippen LogP contribution in [0.25, 0.3) is 0 Å². The van der Waals surface area contributed by atoms with Gasteiger partial charge in [0, 0.05) is 26.7 Å². The number of likely N-dealkylation sites (tertiary alicyclic amines) is 1. The highest BCUT2D eigenvalue weighted by atomic mass is 16.6. The van der Waals surface area contributed by atoms with Gasteiger partial charge in [-0.15, -0.1) is 0 Å². The molecule has 19 heavy (non-hydrogen) atoms. The van der Waals surface area contributed by atoms with Gasteiger partial charge in [-0.25, -0.2) is 4.79 Å². The van der Waals surface area contributed by atoms with Crippen molar-refractivity contribution >= 4 is 6.09 Å². The molecule has 0 unspecified atom stereocenters. The zero-order valence-electron chi connectivity index (χ0n) is 12.3. The number of nitrogens with one attached hydrogen (secondary N) is 1. The fourth-order valence-corrected chi connectivity index (χ4v) is 2.19. The van der Waals surface area contributed by atoms with Crippen molar-refractivity contribution < 1.29 is 19.4 Å². The summed E-state index contributed by atoms with van der Waals surface area (Å²) in [5, 5.41) is 11.8. The molecule has 1 saturated heterocycles. The maximum atomic E-state index is 11.8. The fourth-order valence-electron chi connectivity index (χ4n) is 2.19. The van der Waals surface area contributed by atoms with E-state index in [0.717, 1.165) is 13.0 Å². The van der Waals surface area contributed by atoms with Crippen LogP contribution in [0.4, 0.5) is 4.79 Å². The van der Waals surface area contributed by atoms with Crippen LogP contribution in [-0.2, 0) is 9.47 Å². The molecule has 1 aliphatic rings. The molecule has 0 bridgehead atoms. The Labute approximate surface area is 115 Å². The number of β-amino-alcohol motifs (C(OH)–C–C–N with tert-alkyl or cyclic N) is 1. The third-order valence-electron chi connectivity index (χ3n) is 3.06. The van der Waals surface area contributed by atoms with Gasteiger partial charge in [0.05, 0.1) is 18.8 Å². The van der Waals surface area contributed by atoms with Crippen molar-refractivity contribution in [1.29, 1.82) is 0 Å². The predicted molar refractivity (Wildman–Crippen MR) is 72.1 cm³/mol.